The fourth-order valence-electron chi connectivity index (χ4n) is 3.16. The Balaban J connectivity index is 2.13. The highest BCUT2D eigenvalue weighted by Crippen LogP contribution is 2.43. The monoisotopic (exact) mass is 392 g/mol. The maximum atomic E-state index is 6.21. The molecule has 0 aliphatic carbocycles. The standard InChI is InChI=1S/C23H30Cl2O/c1-22(2,3)14-19(23(4,5)6)16-10-12-17(13-11-16)26-15-18-20(24)8-7-9-21(18)25/h7-13,19H,14-15H2,1-6H3. The molecular weight excluding hydrogens is 363 g/mol. The molecule has 0 amide bonds. The number of ether oxygens (including phenoxy) is 1. The van der Waals surface area contributed by atoms with Crippen LogP contribution in [-0.2, 0) is 6.61 Å². The van der Waals surface area contributed by atoms with E-state index in [0.29, 0.717) is 22.6 Å². The molecule has 2 aromatic rings. The van der Waals surface area contributed by atoms with Crippen LogP contribution in [0.2, 0.25) is 10.0 Å². The van der Waals surface area contributed by atoms with Gasteiger partial charge in [0.05, 0.1) is 0 Å². The Kier molecular flexibility index (Phi) is 6.69. The van der Waals surface area contributed by atoms with Gasteiger partial charge >= 0.3 is 0 Å². The highest BCUT2D eigenvalue weighted by Gasteiger charge is 2.30. The molecule has 1 unspecified atom stereocenters. The number of benzene rings is 2. The molecule has 1 atom stereocenters. The van der Waals surface area contributed by atoms with Crippen LogP contribution in [0.1, 0.15) is 65.0 Å². The zero-order chi connectivity index (χ0) is 19.5. The van der Waals surface area contributed by atoms with Gasteiger partial charge in [-0.3, -0.25) is 0 Å². The van der Waals surface area contributed by atoms with Crippen LogP contribution in [0.3, 0.4) is 0 Å². The van der Waals surface area contributed by atoms with Crippen LogP contribution in [0, 0.1) is 10.8 Å². The molecule has 0 aromatic heterocycles. The number of halogens is 2. The average molecular weight is 393 g/mol. The molecule has 0 bridgehead atoms. The Hall–Kier alpha value is -1.18. The normalized spacial score (nSPS) is 13.5. The second-order valence-electron chi connectivity index (χ2n) is 9.24. The van der Waals surface area contributed by atoms with Crippen molar-refractivity contribution in [2.75, 3.05) is 0 Å². The molecular formula is C23H30Cl2O. The molecule has 0 N–H and O–H groups in total. The van der Waals surface area contributed by atoms with Crippen molar-refractivity contribution in [1.82, 2.24) is 0 Å². The van der Waals surface area contributed by atoms with Gasteiger partial charge in [0.1, 0.15) is 12.4 Å². The lowest BCUT2D eigenvalue weighted by Crippen LogP contribution is -2.23. The van der Waals surface area contributed by atoms with Crippen molar-refractivity contribution in [3.63, 3.8) is 0 Å². The van der Waals surface area contributed by atoms with E-state index in [1.54, 1.807) is 0 Å². The zero-order valence-electron chi connectivity index (χ0n) is 16.7. The number of hydrogen-bond donors (Lipinski definition) is 0. The van der Waals surface area contributed by atoms with E-state index in [9.17, 15) is 0 Å². The molecule has 0 spiro atoms. The Morgan fingerprint density at radius 3 is 1.85 bits per heavy atom. The van der Waals surface area contributed by atoms with Crippen LogP contribution < -0.4 is 4.74 Å². The van der Waals surface area contributed by atoms with Crippen molar-refractivity contribution in [3.05, 3.63) is 63.6 Å². The van der Waals surface area contributed by atoms with E-state index < -0.39 is 0 Å². The van der Waals surface area contributed by atoms with E-state index in [2.05, 4.69) is 53.7 Å². The quantitative estimate of drug-likeness (QED) is 0.498. The van der Waals surface area contributed by atoms with E-state index in [-0.39, 0.29) is 10.8 Å². The molecule has 2 rings (SSSR count). The second kappa shape index (κ2) is 8.23. The highest BCUT2D eigenvalue weighted by atomic mass is 35.5. The Bertz CT molecular complexity index is 701. The first-order chi connectivity index (χ1) is 12.0. The summed E-state index contributed by atoms with van der Waals surface area (Å²) in [6, 6.07) is 14.0. The molecule has 0 heterocycles. The smallest absolute Gasteiger partial charge is 0.119 e. The second-order valence-corrected chi connectivity index (χ2v) is 10.1. The molecule has 26 heavy (non-hydrogen) atoms. The molecule has 142 valence electrons. The largest absolute Gasteiger partial charge is 0.489 e. The first-order valence-corrected chi connectivity index (χ1v) is 9.88. The van der Waals surface area contributed by atoms with Crippen molar-refractivity contribution >= 4 is 23.2 Å². The minimum Gasteiger partial charge on any atom is -0.489 e. The van der Waals surface area contributed by atoms with Gasteiger partial charge in [-0.2, -0.15) is 0 Å². The molecule has 0 saturated carbocycles. The van der Waals surface area contributed by atoms with Gasteiger partial charge < -0.3 is 4.74 Å². The summed E-state index contributed by atoms with van der Waals surface area (Å²) in [6.07, 6.45) is 1.14. The number of hydrogen-bond acceptors (Lipinski definition) is 1. The van der Waals surface area contributed by atoms with Crippen molar-refractivity contribution in [1.29, 1.82) is 0 Å². The lowest BCUT2D eigenvalue weighted by atomic mass is 9.69. The molecule has 0 aliphatic heterocycles. The van der Waals surface area contributed by atoms with Gasteiger partial charge in [0.2, 0.25) is 0 Å². The predicted octanol–water partition coefficient (Wildman–Crippen LogP) is 8.14. The Morgan fingerprint density at radius 2 is 1.38 bits per heavy atom. The lowest BCUT2D eigenvalue weighted by molar-refractivity contribution is 0.229. The maximum absolute atomic E-state index is 6.21. The van der Waals surface area contributed by atoms with Crippen molar-refractivity contribution in [2.24, 2.45) is 10.8 Å². The maximum Gasteiger partial charge on any atom is 0.119 e. The molecule has 1 nitrogen and oxygen atoms in total. The van der Waals surface area contributed by atoms with Gasteiger partial charge in [-0.25, -0.2) is 0 Å². The Morgan fingerprint density at radius 1 is 0.846 bits per heavy atom. The molecule has 0 fully saturated rings. The molecule has 0 radical (unpaired) electrons. The third-order valence-corrected chi connectivity index (χ3v) is 5.30. The zero-order valence-corrected chi connectivity index (χ0v) is 18.2. The first kappa shape index (κ1) is 21.1. The molecule has 0 saturated heterocycles. The molecule has 0 aliphatic rings. The molecule has 2 aromatic carbocycles. The van der Waals surface area contributed by atoms with Gasteiger partial charge in [0.15, 0.2) is 0 Å². The topological polar surface area (TPSA) is 9.23 Å². The van der Waals surface area contributed by atoms with Crippen molar-refractivity contribution in [2.45, 2.75) is 60.5 Å². The van der Waals surface area contributed by atoms with Gasteiger partial charge in [0, 0.05) is 15.6 Å². The minimum atomic E-state index is 0.209. The summed E-state index contributed by atoms with van der Waals surface area (Å²) in [5, 5.41) is 1.26. The fraction of sp³-hybridized carbons (Fsp3) is 0.478. The number of rotatable bonds is 5. The van der Waals surface area contributed by atoms with Crippen LogP contribution in [0.5, 0.6) is 5.75 Å². The van der Waals surface area contributed by atoms with Crippen LogP contribution in [0.15, 0.2) is 42.5 Å². The Labute approximate surface area is 168 Å². The van der Waals surface area contributed by atoms with Gasteiger partial charge in [-0.15, -0.1) is 0 Å². The lowest BCUT2D eigenvalue weighted by Gasteiger charge is -2.36. The summed E-state index contributed by atoms with van der Waals surface area (Å²) in [5.74, 6) is 1.32. The third kappa shape index (κ3) is 5.93. The summed E-state index contributed by atoms with van der Waals surface area (Å²) in [7, 11) is 0. The average Bonchev–Trinajstić information content (AvgIpc) is 2.51. The van der Waals surface area contributed by atoms with Crippen molar-refractivity contribution < 1.29 is 4.74 Å². The van der Waals surface area contributed by atoms with E-state index in [4.69, 9.17) is 27.9 Å². The van der Waals surface area contributed by atoms with Crippen molar-refractivity contribution in [3.8, 4) is 5.75 Å². The van der Waals surface area contributed by atoms with Crippen LogP contribution in [0.25, 0.3) is 0 Å². The van der Waals surface area contributed by atoms with Gasteiger partial charge in [-0.05, 0) is 53.0 Å². The summed E-state index contributed by atoms with van der Waals surface area (Å²) < 4.78 is 5.91. The van der Waals surface area contributed by atoms with Gasteiger partial charge in [0.25, 0.3) is 0 Å². The SMILES string of the molecule is CC(C)(C)CC(c1ccc(OCc2c(Cl)cccc2Cl)cc1)C(C)(C)C. The van der Waals surface area contributed by atoms with Crippen LogP contribution in [-0.4, -0.2) is 0 Å². The summed E-state index contributed by atoms with van der Waals surface area (Å²) in [6.45, 7) is 14.2. The summed E-state index contributed by atoms with van der Waals surface area (Å²) >= 11 is 12.4. The molecule has 3 heteroatoms. The van der Waals surface area contributed by atoms with Crippen LogP contribution >= 0.6 is 23.2 Å². The van der Waals surface area contributed by atoms with E-state index >= 15 is 0 Å². The fourth-order valence-corrected chi connectivity index (χ4v) is 3.67. The van der Waals surface area contributed by atoms with E-state index in [0.717, 1.165) is 17.7 Å². The summed E-state index contributed by atoms with van der Waals surface area (Å²) in [4.78, 5) is 0. The highest BCUT2D eigenvalue weighted by molar-refractivity contribution is 6.35. The van der Waals surface area contributed by atoms with Gasteiger partial charge in [-0.1, -0.05) is 82.9 Å². The van der Waals surface area contributed by atoms with E-state index in [1.165, 1.54) is 5.56 Å². The minimum absolute atomic E-state index is 0.209. The predicted molar refractivity (Wildman–Crippen MR) is 114 cm³/mol. The first-order valence-electron chi connectivity index (χ1n) is 9.13. The summed E-state index contributed by atoms with van der Waals surface area (Å²) in [5.41, 5.74) is 2.67. The van der Waals surface area contributed by atoms with Crippen LogP contribution in [0.4, 0.5) is 0 Å². The third-order valence-electron chi connectivity index (χ3n) is 4.59. The van der Waals surface area contributed by atoms with E-state index in [1.807, 2.05) is 30.3 Å².